The minimum absolute atomic E-state index is 0.102. The van der Waals surface area contributed by atoms with Crippen LogP contribution in [0.3, 0.4) is 0 Å². The standard InChI is InChI=1S/C27H31NO7/c1-5-33-26(31)27(2,3)35-23-13-10-20(15-24(23)32-4)17-28(18-22-7-6-14-34-22)25(30)16-19-8-11-21(29)12-9-19/h6-15,29H,5,16-18H2,1-4H3. The van der Waals surface area contributed by atoms with Crippen LogP contribution in [0.2, 0.25) is 0 Å². The van der Waals surface area contributed by atoms with Gasteiger partial charge in [-0.25, -0.2) is 4.79 Å². The molecule has 0 atom stereocenters. The van der Waals surface area contributed by atoms with Crippen LogP contribution in [0.25, 0.3) is 0 Å². The Kier molecular flexibility index (Phi) is 8.41. The van der Waals surface area contributed by atoms with E-state index in [1.165, 1.54) is 7.11 Å². The zero-order chi connectivity index (χ0) is 25.4. The highest BCUT2D eigenvalue weighted by atomic mass is 16.6. The van der Waals surface area contributed by atoms with Gasteiger partial charge in [-0.05, 0) is 68.3 Å². The molecule has 2 aromatic carbocycles. The minimum atomic E-state index is -1.20. The molecule has 8 nitrogen and oxygen atoms in total. The Morgan fingerprint density at radius 2 is 1.71 bits per heavy atom. The maximum Gasteiger partial charge on any atom is 0.349 e. The van der Waals surface area contributed by atoms with Crippen molar-refractivity contribution in [3.05, 3.63) is 77.7 Å². The van der Waals surface area contributed by atoms with Crippen molar-refractivity contribution in [2.45, 2.75) is 45.9 Å². The zero-order valence-corrected chi connectivity index (χ0v) is 20.4. The summed E-state index contributed by atoms with van der Waals surface area (Å²) in [7, 11) is 1.51. The monoisotopic (exact) mass is 481 g/mol. The number of carbonyl (C=O) groups is 2. The first-order chi connectivity index (χ1) is 16.7. The van der Waals surface area contributed by atoms with Gasteiger partial charge in [0.15, 0.2) is 17.1 Å². The van der Waals surface area contributed by atoms with Gasteiger partial charge < -0.3 is 28.6 Å². The van der Waals surface area contributed by atoms with Crippen molar-refractivity contribution >= 4 is 11.9 Å². The highest BCUT2D eigenvalue weighted by molar-refractivity contribution is 5.79. The van der Waals surface area contributed by atoms with Crippen LogP contribution in [-0.4, -0.2) is 41.2 Å². The van der Waals surface area contributed by atoms with Crippen molar-refractivity contribution in [3.63, 3.8) is 0 Å². The molecule has 0 aliphatic rings. The van der Waals surface area contributed by atoms with Crippen LogP contribution in [0.15, 0.2) is 65.3 Å². The largest absolute Gasteiger partial charge is 0.508 e. The summed E-state index contributed by atoms with van der Waals surface area (Å²) in [6, 6.07) is 15.5. The molecule has 0 saturated heterocycles. The average molecular weight is 482 g/mol. The zero-order valence-electron chi connectivity index (χ0n) is 20.4. The second-order valence-electron chi connectivity index (χ2n) is 8.49. The van der Waals surface area contributed by atoms with Gasteiger partial charge in [0.05, 0.1) is 32.9 Å². The first-order valence-corrected chi connectivity index (χ1v) is 11.3. The molecule has 0 fully saturated rings. The maximum atomic E-state index is 13.2. The molecule has 1 amide bonds. The molecule has 1 aromatic heterocycles. The van der Waals surface area contributed by atoms with Crippen molar-refractivity contribution in [2.24, 2.45) is 0 Å². The maximum absolute atomic E-state index is 13.2. The highest BCUT2D eigenvalue weighted by Crippen LogP contribution is 2.32. The Balaban J connectivity index is 1.80. The molecular weight excluding hydrogens is 450 g/mol. The molecule has 1 heterocycles. The van der Waals surface area contributed by atoms with Gasteiger partial charge in [-0.15, -0.1) is 0 Å². The summed E-state index contributed by atoms with van der Waals surface area (Å²) >= 11 is 0. The molecule has 0 bridgehead atoms. The van der Waals surface area contributed by atoms with Gasteiger partial charge in [-0.1, -0.05) is 18.2 Å². The van der Waals surface area contributed by atoms with Gasteiger partial charge >= 0.3 is 5.97 Å². The van der Waals surface area contributed by atoms with Crippen molar-refractivity contribution < 1.29 is 33.3 Å². The van der Waals surface area contributed by atoms with Gasteiger partial charge in [-0.2, -0.15) is 0 Å². The number of amides is 1. The Hall–Kier alpha value is -3.94. The summed E-state index contributed by atoms with van der Waals surface area (Å²) in [6.07, 6.45) is 1.74. The summed E-state index contributed by atoms with van der Waals surface area (Å²) in [4.78, 5) is 27.1. The lowest BCUT2D eigenvalue weighted by atomic mass is 10.1. The van der Waals surface area contributed by atoms with Crippen molar-refractivity contribution in [1.82, 2.24) is 4.90 Å². The van der Waals surface area contributed by atoms with Crippen LogP contribution in [-0.2, 0) is 33.8 Å². The fourth-order valence-corrected chi connectivity index (χ4v) is 3.46. The Labute approximate surface area is 205 Å². The van der Waals surface area contributed by atoms with Gasteiger partial charge in [0.1, 0.15) is 11.5 Å². The SMILES string of the molecule is CCOC(=O)C(C)(C)Oc1ccc(CN(Cc2ccco2)C(=O)Cc2ccc(O)cc2)cc1OC. The summed E-state index contributed by atoms with van der Waals surface area (Å²) in [6.45, 7) is 5.85. The smallest absolute Gasteiger partial charge is 0.349 e. The number of carbonyl (C=O) groups excluding carboxylic acids is 2. The quantitative estimate of drug-likeness (QED) is 0.403. The number of esters is 1. The highest BCUT2D eigenvalue weighted by Gasteiger charge is 2.32. The van der Waals surface area contributed by atoms with E-state index in [2.05, 4.69) is 0 Å². The molecule has 0 spiro atoms. The van der Waals surface area contributed by atoms with Crippen molar-refractivity contribution in [1.29, 1.82) is 0 Å². The first-order valence-electron chi connectivity index (χ1n) is 11.3. The minimum Gasteiger partial charge on any atom is -0.508 e. The summed E-state index contributed by atoms with van der Waals surface area (Å²) in [5, 5.41) is 9.51. The van der Waals surface area contributed by atoms with Crippen LogP contribution in [0.5, 0.6) is 17.2 Å². The normalized spacial score (nSPS) is 11.1. The lowest BCUT2D eigenvalue weighted by molar-refractivity contribution is -0.158. The van der Waals surface area contributed by atoms with Crippen molar-refractivity contribution in [3.8, 4) is 17.2 Å². The lowest BCUT2D eigenvalue weighted by Gasteiger charge is -2.26. The number of hydrogen-bond donors (Lipinski definition) is 1. The molecule has 35 heavy (non-hydrogen) atoms. The van der Waals surface area contributed by atoms with Gasteiger partial charge in [0.25, 0.3) is 0 Å². The number of phenols is 1. The van der Waals surface area contributed by atoms with Gasteiger partial charge in [0.2, 0.25) is 5.91 Å². The Bertz CT molecular complexity index is 1120. The number of hydrogen-bond acceptors (Lipinski definition) is 7. The number of phenolic OH excluding ortho intramolecular Hbond substituents is 1. The van der Waals surface area contributed by atoms with Crippen LogP contribution in [0.4, 0.5) is 0 Å². The predicted molar refractivity (Wildman–Crippen MR) is 129 cm³/mol. The molecule has 0 aliphatic carbocycles. The van der Waals surface area contributed by atoms with E-state index in [4.69, 9.17) is 18.6 Å². The molecule has 1 N–H and O–H groups in total. The molecule has 0 radical (unpaired) electrons. The Morgan fingerprint density at radius 3 is 2.34 bits per heavy atom. The molecule has 186 valence electrons. The summed E-state index contributed by atoms with van der Waals surface area (Å²) in [5.41, 5.74) is 0.407. The third kappa shape index (κ3) is 7.02. The van der Waals surface area contributed by atoms with Crippen LogP contribution >= 0.6 is 0 Å². The molecular formula is C27H31NO7. The fraction of sp³-hybridized carbons (Fsp3) is 0.333. The second-order valence-corrected chi connectivity index (χ2v) is 8.49. The number of methoxy groups -OCH3 is 1. The number of furan rings is 1. The summed E-state index contributed by atoms with van der Waals surface area (Å²) < 4.78 is 22.0. The lowest BCUT2D eigenvalue weighted by Crippen LogP contribution is -2.39. The first kappa shape index (κ1) is 25.7. The third-order valence-electron chi connectivity index (χ3n) is 5.30. The van der Waals surface area contributed by atoms with Crippen LogP contribution in [0, 0.1) is 0 Å². The van der Waals surface area contributed by atoms with Crippen LogP contribution < -0.4 is 9.47 Å². The van der Waals surface area contributed by atoms with Gasteiger partial charge in [-0.3, -0.25) is 4.79 Å². The van der Waals surface area contributed by atoms with E-state index in [1.54, 1.807) is 74.4 Å². The van der Waals surface area contributed by atoms with Crippen LogP contribution in [0.1, 0.15) is 37.7 Å². The van der Waals surface area contributed by atoms with E-state index in [0.717, 1.165) is 11.1 Å². The molecule has 0 aliphatic heterocycles. The van der Waals surface area contributed by atoms with Gasteiger partial charge in [0, 0.05) is 6.54 Å². The van der Waals surface area contributed by atoms with E-state index < -0.39 is 11.6 Å². The third-order valence-corrected chi connectivity index (χ3v) is 5.30. The molecule has 8 heteroatoms. The number of nitrogens with zero attached hydrogens (tertiary/aromatic N) is 1. The molecule has 3 aromatic rings. The second kappa shape index (κ2) is 11.5. The van der Waals surface area contributed by atoms with E-state index in [1.807, 2.05) is 12.1 Å². The molecule has 3 rings (SSSR count). The van der Waals surface area contributed by atoms with E-state index >= 15 is 0 Å². The number of benzene rings is 2. The van der Waals surface area contributed by atoms with Crippen molar-refractivity contribution in [2.75, 3.05) is 13.7 Å². The molecule has 0 unspecified atom stereocenters. The number of rotatable bonds is 11. The Morgan fingerprint density at radius 1 is 1.00 bits per heavy atom. The number of ether oxygens (including phenoxy) is 3. The predicted octanol–water partition coefficient (Wildman–Crippen LogP) is 4.49. The number of aromatic hydroxyl groups is 1. The summed E-state index contributed by atoms with van der Waals surface area (Å²) in [5.74, 6) is 1.05. The van der Waals surface area contributed by atoms with E-state index in [-0.39, 0.29) is 24.7 Å². The topological polar surface area (TPSA) is 98.4 Å². The van der Waals surface area contributed by atoms with E-state index in [0.29, 0.717) is 30.3 Å². The molecule has 0 saturated carbocycles. The van der Waals surface area contributed by atoms with E-state index in [9.17, 15) is 14.7 Å². The average Bonchev–Trinajstić information content (AvgIpc) is 3.34. The fourth-order valence-electron chi connectivity index (χ4n) is 3.46.